The zero-order valence-corrected chi connectivity index (χ0v) is 18.6. The minimum absolute atomic E-state index is 0.291. The number of rotatable bonds is 9. The Labute approximate surface area is 163 Å². The lowest BCUT2D eigenvalue weighted by atomic mass is 10.0. The maximum absolute atomic E-state index is 13.6. The zero-order chi connectivity index (χ0) is 19.9. The number of hydrogen-bond acceptors (Lipinski definition) is 4. The number of hydrogen-bond donors (Lipinski definition) is 0. The second kappa shape index (κ2) is 9.47. The SMILES string of the molecule is CCOP(=O)(OCC)N(N=C(c1ccccc1)c1ccccc1)[Si](C)(C)C. The van der Waals surface area contributed by atoms with E-state index < -0.39 is 16.0 Å². The first-order chi connectivity index (χ1) is 12.8. The lowest BCUT2D eigenvalue weighted by molar-refractivity contribution is 0.190. The summed E-state index contributed by atoms with van der Waals surface area (Å²) >= 11 is 0. The Morgan fingerprint density at radius 1 is 0.889 bits per heavy atom. The van der Waals surface area contributed by atoms with Crippen LogP contribution in [0.25, 0.3) is 0 Å². The normalized spacial score (nSPS) is 11.9. The lowest BCUT2D eigenvalue weighted by Crippen LogP contribution is -2.41. The van der Waals surface area contributed by atoms with Gasteiger partial charge in [0.25, 0.3) is 0 Å². The molecule has 0 bridgehead atoms. The molecule has 7 heteroatoms. The van der Waals surface area contributed by atoms with Crippen LogP contribution < -0.4 is 0 Å². The van der Waals surface area contributed by atoms with Crippen molar-refractivity contribution in [3.05, 3.63) is 71.8 Å². The molecule has 0 spiro atoms. The molecule has 0 fully saturated rings. The third kappa shape index (κ3) is 5.63. The number of benzene rings is 2. The van der Waals surface area contributed by atoms with E-state index in [9.17, 15) is 4.57 Å². The summed E-state index contributed by atoms with van der Waals surface area (Å²) in [4.78, 5) is 0. The quantitative estimate of drug-likeness (QED) is 0.231. The Hall–Kier alpha value is -1.72. The minimum atomic E-state index is -3.54. The van der Waals surface area contributed by atoms with Crippen molar-refractivity contribution in [2.45, 2.75) is 33.5 Å². The highest BCUT2D eigenvalue weighted by molar-refractivity contribution is 7.53. The van der Waals surface area contributed by atoms with Crippen LogP contribution in [0.15, 0.2) is 65.8 Å². The summed E-state index contributed by atoms with van der Waals surface area (Å²) in [5.74, 6) is 0. The average molecular weight is 405 g/mol. The van der Waals surface area contributed by atoms with E-state index >= 15 is 0 Å². The molecule has 0 aromatic heterocycles. The first-order valence-electron chi connectivity index (χ1n) is 9.21. The molecule has 0 aliphatic carbocycles. The molecule has 2 aromatic carbocycles. The van der Waals surface area contributed by atoms with Gasteiger partial charge in [-0.25, -0.2) is 9.01 Å². The average Bonchev–Trinajstić information content (AvgIpc) is 2.63. The molecule has 0 saturated heterocycles. The summed E-state index contributed by atoms with van der Waals surface area (Å²) in [6.45, 7) is 10.4. The predicted octanol–water partition coefficient (Wildman–Crippen LogP) is 5.76. The Balaban J connectivity index is 2.67. The highest BCUT2D eigenvalue weighted by atomic mass is 31.2. The van der Waals surface area contributed by atoms with Crippen molar-refractivity contribution >= 4 is 21.7 Å². The van der Waals surface area contributed by atoms with Gasteiger partial charge in [0.05, 0.1) is 18.9 Å². The van der Waals surface area contributed by atoms with E-state index in [0.717, 1.165) is 16.8 Å². The molecule has 27 heavy (non-hydrogen) atoms. The molecule has 0 unspecified atom stereocenters. The second-order valence-electron chi connectivity index (χ2n) is 6.95. The highest BCUT2D eigenvalue weighted by Crippen LogP contribution is 2.55. The molecule has 0 N–H and O–H groups in total. The molecule has 0 atom stereocenters. The molecule has 2 rings (SSSR count). The van der Waals surface area contributed by atoms with E-state index in [4.69, 9.17) is 14.1 Å². The predicted molar refractivity (Wildman–Crippen MR) is 115 cm³/mol. The Bertz CT molecular complexity index is 740. The first kappa shape index (κ1) is 21.6. The molecular weight excluding hydrogens is 375 g/mol. The van der Waals surface area contributed by atoms with E-state index in [2.05, 4.69) is 19.6 Å². The summed E-state index contributed by atoms with van der Waals surface area (Å²) in [5, 5.41) is 4.90. The van der Waals surface area contributed by atoms with Crippen LogP contribution >= 0.6 is 7.75 Å². The van der Waals surface area contributed by atoms with Crippen molar-refractivity contribution in [1.29, 1.82) is 0 Å². The van der Waals surface area contributed by atoms with Crippen LogP contribution in [0.4, 0.5) is 0 Å². The van der Waals surface area contributed by atoms with Crippen LogP contribution in [0.2, 0.25) is 19.6 Å². The van der Waals surface area contributed by atoms with Crippen LogP contribution in [-0.4, -0.2) is 31.6 Å². The maximum Gasteiger partial charge on any atom is 0.442 e. The van der Waals surface area contributed by atoms with Gasteiger partial charge in [0.15, 0.2) is 8.24 Å². The van der Waals surface area contributed by atoms with E-state index in [1.165, 1.54) is 0 Å². The molecule has 146 valence electrons. The van der Waals surface area contributed by atoms with Crippen LogP contribution in [0.5, 0.6) is 0 Å². The Morgan fingerprint density at radius 2 is 1.30 bits per heavy atom. The fraction of sp³-hybridized carbons (Fsp3) is 0.350. The molecule has 5 nitrogen and oxygen atoms in total. The summed E-state index contributed by atoms with van der Waals surface area (Å²) in [6, 6.07) is 19.8. The second-order valence-corrected chi connectivity index (χ2v) is 13.9. The molecule has 0 amide bonds. The minimum Gasteiger partial charge on any atom is -0.292 e. The van der Waals surface area contributed by atoms with Gasteiger partial charge in [-0.3, -0.25) is 9.05 Å². The molecular formula is C20H29N2O3PSi. The molecule has 0 heterocycles. The van der Waals surface area contributed by atoms with Gasteiger partial charge in [0.2, 0.25) is 0 Å². The van der Waals surface area contributed by atoms with Crippen LogP contribution in [0, 0.1) is 0 Å². The fourth-order valence-electron chi connectivity index (χ4n) is 2.61. The molecule has 0 aliphatic rings. The Kier molecular flexibility index (Phi) is 7.56. The smallest absolute Gasteiger partial charge is 0.292 e. The molecule has 0 aliphatic heterocycles. The lowest BCUT2D eigenvalue weighted by Gasteiger charge is -2.36. The fourth-order valence-corrected chi connectivity index (χ4v) is 7.44. The van der Waals surface area contributed by atoms with Gasteiger partial charge in [-0.2, -0.15) is 5.10 Å². The van der Waals surface area contributed by atoms with Crippen LogP contribution in [-0.2, 0) is 13.6 Å². The van der Waals surface area contributed by atoms with Gasteiger partial charge < -0.3 is 0 Å². The summed E-state index contributed by atoms with van der Waals surface area (Å²) < 4.78 is 26.4. The monoisotopic (exact) mass is 404 g/mol. The van der Waals surface area contributed by atoms with E-state index in [0.29, 0.717) is 13.2 Å². The molecule has 0 radical (unpaired) electrons. The van der Waals surface area contributed by atoms with Gasteiger partial charge in [-0.1, -0.05) is 60.7 Å². The van der Waals surface area contributed by atoms with Crippen molar-refractivity contribution in [1.82, 2.24) is 4.44 Å². The van der Waals surface area contributed by atoms with Crippen molar-refractivity contribution in [2.75, 3.05) is 13.2 Å². The number of nitrogens with zero attached hydrogens (tertiary/aromatic N) is 2. The highest BCUT2D eigenvalue weighted by Gasteiger charge is 2.41. The van der Waals surface area contributed by atoms with Crippen LogP contribution in [0.3, 0.4) is 0 Å². The van der Waals surface area contributed by atoms with E-state index in [1.807, 2.05) is 74.5 Å². The van der Waals surface area contributed by atoms with E-state index in [1.54, 1.807) is 4.44 Å². The van der Waals surface area contributed by atoms with Crippen LogP contribution in [0.1, 0.15) is 25.0 Å². The van der Waals surface area contributed by atoms with Crippen molar-refractivity contribution in [2.24, 2.45) is 5.10 Å². The van der Waals surface area contributed by atoms with Crippen molar-refractivity contribution in [3.8, 4) is 0 Å². The standard InChI is InChI=1S/C20H29N2O3PSi/c1-6-24-26(23,25-7-2)22(27(3,4)5)21-20(18-14-10-8-11-15-18)19-16-12-9-13-17-19/h8-17H,6-7H2,1-5H3. The number of hydrazone groups is 1. The first-order valence-corrected chi connectivity index (χ1v) is 14.2. The summed E-state index contributed by atoms with van der Waals surface area (Å²) in [5.41, 5.74) is 2.65. The van der Waals surface area contributed by atoms with Crippen molar-refractivity contribution in [3.63, 3.8) is 0 Å². The summed E-state index contributed by atoms with van der Waals surface area (Å²) in [7, 11) is -5.73. The molecule has 2 aromatic rings. The molecule has 0 saturated carbocycles. The summed E-state index contributed by atoms with van der Waals surface area (Å²) in [6.07, 6.45) is 0. The van der Waals surface area contributed by atoms with Gasteiger partial charge in [0, 0.05) is 11.1 Å². The third-order valence-electron chi connectivity index (χ3n) is 3.71. The van der Waals surface area contributed by atoms with Gasteiger partial charge in [-0.15, -0.1) is 0 Å². The third-order valence-corrected chi connectivity index (χ3v) is 9.26. The van der Waals surface area contributed by atoms with E-state index in [-0.39, 0.29) is 0 Å². The van der Waals surface area contributed by atoms with Gasteiger partial charge >= 0.3 is 7.75 Å². The Morgan fingerprint density at radius 3 is 1.63 bits per heavy atom. The maximum atomic E-state index is 13.6. The topological polar surface area (TPSA) is 51.1 Å². The van der Waals surface area contributed by atoms with Crippen molar-refractivity contribution < 1.29 is 13.6 Å². The van der Waals surface area contributed by atoms with Gasteiger partial charge in [0.1, 0.15) is 0 Å². The largest absolute Gasteiger partial charge is 0.442 e. The van der Waals surface area contributed by atoms with Gasteiger partial charge in [-0.05, 0) is 33.5 Å². The zero-order valence-electron chi connectivity index (χ0n) is 16.8.